The smallest absolute Gasteiger partial charge is 0.140 e. The van der Waals surface area contributed by atoms with Gasteiger partial charge in [-0.05, 0) is 25.9 Å². The van der Waals surface area contributed by atoms with E-state index in [0.29, 0.717) is 4.83 Å². The van der Waals surface area contributed by atoms with E-state index in [1.807, 2.05) is 11.7 Å². The molecule has 1 aliphatic heterocycles. The van der Waals surface area contributed by atoms with Gasteiger partial charge < -0.3 is 0 Å². The molecular weight excluding hydrogens is 244 g/mol. The van der Waals surface area contributed by atoms with Crippen molar-refractivity contribution in [3.8, 4) is 0 Å². The third-order valence-electron chi connectivity index (χ3n) is 2.69. The molecule has 1 aromatic heterocycles. The summed E-state index contributed by atoms with van der Waals surface area (Å²) in [6, 6.07) is 0. The topological polar surface area (TPSA) is 34.0 Å². The number of hydrogen-bond acceptors (Lipinski definition) is 3. The third kappa shape index (κ3) is 2.33. The van der Waals surface area contributed by atoms with Gasteiger partial charge in [-0.3, -0.25) is 9.58 Å². The standard InChI is InChI=1S/C9H15BrN4/c1-13-9(11-7-12-13)6-14-4-2-8(10)3-5-14/h7-8H,2-6H2,1H3. The number of alkyl halides is 1. The fourth-order valence-corrected chi connectivity index (χ4v) is 2.13. The Bertz CT molecular complexity index is 291. The summed E-state index contributed by atoms with van der Waals surface area (Å²) in [7, 11) is 1.94. The highest BCUT2D eigenvalue weighted by atomic mass is 79.9. The van der Waals surface area contributed by atoms with E-state index >= 15 is 0 Å². The van der Waals surface area contributed by atoms with Gasteiger partial charge >= 0.3 is 0 Å². The molecule has 2 rings (SSSR count). The fourth-order valence-electron chi connectivity index (χ4n) is 1.72. The number of hydrogen-bond donors (Lipinski definition) is 0. The van der Waals surface area contributed by atoms with Crippen LogP contribution in [-0.2, 0) is 13.6 Å². The Morgan fingerprint density at radius 3 is 2.79 bits per heavy atom. The van der Waals surface area contributed by atoms with Gasteiger partial charge in [-0.2, -0.15) is 5.10 Å². The van der Waals surface area contributed by atoms with E-state index in [-0.39, 0.29) is 0 Å². The predicted octanol–water partition coefficient (Wildman–Crippen LogP) is 1.17. The highest BCUT2D eigenvalue weighted by Gasteiger charge is 2.17. The molecule has 1 fully saturated rings. The van der Waals surface area contributed by atoms with Gasteiger partial charge in [-0.15, -0.1) is 0 Å². The Morgan fingerprint density at radius 1 is 1.50 bits per heavy atom. The zero-order valence-electron chi connectivity index (χ0n) is 8.36. The van der Waals surface area contributed by atoms with Crippen LogP contribution in [0, 0.1) is 0 Å². The number of aryl methyl sites for hydroxylation is 1. The summed E-state index contributed by atoms with van der Waals surface area (Å²) < 4.78 is 1.85. The van der Waals surface area contributed by atoms with Crippen LogP contribution in [0.2, 0.25) is 0 Å². The molecule has 5 heteroatoms. The Balaban J connectivity index is 1.89. The second-order valence-electron chi connectivity index (χ2n) is 3.75. The summed E-state index contributed by atoms with van der Waals surface area (Å²) in [6.45, 7) is 3.24. The van der Waals surface area contributed by atoms with Crippen LogP contribution in [0.15, 0.2) is 6.33 Å². The van der Waals surface area contributed by atoms with Crippen LogP contribution in [0.1, 0.15) is 18.7 Å². The molecule has 0 spiro atoms. The molecule has 0 bridgehead atoms. The van der Waals surface area contributed by atoms with Gasteiger partial charge in [0.05, 0.1) is 6.54 Å². The van der Waals surface area contributed by atoms with E-state index < -0.39 is 0 Å². The number of nitrogens with zero attached hydrogens (tertiary/aromatic N) is 4. The SMILES string of the molecule is Cn1ncnc1CN1CCC(Br)CC1. The number of likely N-dealkylation sites (tertiary alicyclic amines) is 1. The van der Waals surface area contributed by atoms with Crippen LogP contribution < -0.4 is 0 Å². The second-order valence-corrected chi connectivity index (χ2v) is 5.05. The molecule has 78 valence electrons. The van der Waals surface area contributed by atoms with Crippen molar-refractivity contribution in [2.45, 2.75) is 24.2 Å². The van der Waals surface area contributed by atoms with Crippen molar-refractivity contribution in [2.75, 3.05) is 13.1 Å². The highest BCUT2D eigenvalue weighted by Crippen LogP contribution is 2.18. The average Bonchev–Trinajstić information content (AvgIpc) is 2.56. The van der Waals surface area contributed by atoms with Crippen LogP contribution in [0.4, 0.5) is 0 Å². The summed E-state index contributed by atoms with van der Waals surface area (Å²) in [5, 5.41) is 4.07. The molecule has 0 amide bonds. The van der Waals surface area contributed by atoms with Crippen molar-refractivity contribution in [1.29, 1.82) is 0 Å². The molecular formula is C9H15BrN4. The summed E-state index contributed by atoms with van der Waals surface area (Å²) in [5.74, 6) is 1.05. The largest absolute Gasteiger partial charge is 0.296 e. The lowest BCUT2D eigenvalue weighted by Gasteiger charge is -2.28. The lowest BCUT2D eigenvalue weighted by atomic mass is 10.1. The Labute approximate surface area is 92.4 Å². The molecule has 2 heterocycles. The summed E-state index contributed by atoms with van der Waals surface area (Å²) in [5.41, 5.74) is 0. The number of rotatable bonds is 2. The minimum atomic E-state index is 0.707. The predicted molar refractivity (Wildman–Crippen MR) is 58.2 cm³/mol. The molecule has 0 saturated carbocycles. The van der Waals surface area contributed by atoms with E-state index in [1.54, 1.807) is 6.33 Å². The van der Waals surface area contributed by atoms with Crippen LogP contribution in [-0.4, -0.2) is 37.6 Å². The molecule has 0 aliphatic carbocycles. The minimum absolute atomic E-state index is 0.707. The molecule has 14 heavy (non-hydrogen) atoms. The van der Waals surface area contributed by atoms with Crippen molar-refractivity contribution in [2.24, 2.45) is 7.05 Å². The van der Waals surface area contributed by atoms with E-state index in [2.05, 4.69) is 30.9 Å². The first-order chi connectivity index (χ1) is 6.75. The first-order valence-corrected chi connectivity index (χ1v) is 5.86. The molecule has 1 saturated heterocycles. The number of halogens is 1. The van der Waals surface area contributed by atoms with Crippen LogP contribution in [0.25, 0.3) is 0 Å². The van der Waals surface area contributed by atoms with Gasteiger partial charge in [0, 0.05) is 11.9 Å². The molecule has 1 aromatic rings. The number of piperidine rings is 1. The Morgan fingerprint density at radius 2 is 2.21 bits per heavy atom. The van der Waals surface area contributed by atoms with Crippen LogP contribution >= 0.6 is 15.9 Å². The lowest BCUT2D eigenvalue weighted by molar-refractivity contribution is 0.218. The number of aromatic nitrogens is 3. The molecule has 0 unspecified atom stereocenters. The van der Waals surface area contributed by atoms with Crippen molar-refractivity contribution in [3.63, 3.8) is 0 Å². The maximum Gasteiger partial charge on any atom is 0.140 e. The molecule has 0 atom stereocenters. The van der Waals surface area contributed by atoms with Crippen LogP contribution in [0.3, 0.4) is 0 Å². The van der Waals surface area contributed by atoms with Gasteiger partial charge in [0.15, 0.2) is 0 Å². The zero-order chi connectivity index (χ0) is 9.97. The van der Waals surface area contributed by atoms with Gasteiger partial charge in [0.2, 0.25) is 0 Å². The van der Waals surface area contributed by atoms with Crippen molar-refractivity contribution in [3.05, 3.63) is 12.2 Å². The maximum absolute atomic E-state index is 4.23. The Kier molecular flexibility index (Phi) is 3.18. The summed E-state index contributed by atoms with van der Waals surface area (Å²) in [4.78, 5) is 7.37. The van der Waals surface area contributed by atoms with Crippen molar-refractivity contribution in [1.82, 2.24) is 19.7 Å². The third-order valence-corrected chi connectivity index (χ3v) is 3.60. The van der Waals surface area contributed by atoms with Gasteiger partial charge in [0.25, 0.3) is 0 Å². The summed E-state index contributed by atoms with van der Waals surface area (Å²) >= 11 is 3.65. The molecule has 0 N–H and O–H groups in total. The quantitative estimate of drug-likeness (QED) is 0.748. The normalized spacial score (nSPS) is 20.1. The van der Waals surface area contributed by atoms with Gasteiger partial charge in [-0.1, -0.05) is 15.9 Å². The zero-order valence-corrected chi connectivity index (χ0v) is 9.94. The molecule has 0 radical (unpaired) electrons. The first kappa shape index (κ1) is 10.1. The first-order valence-electron chi connectivity index (χ1n) is 4.95. The maximum atomic E-state index is 4.23. The Hall–Kier alpha value is -0.420. The van der Waals surface area contributed by atoms with Crippen LogP contribution in [0.5, 0.6) is 0 Å². The molecule has 0 aromatic carbocycles. The monoisotopic (exact) mass is 258 g/mol. The van der Waals surface area contributed by atoms with Gasteiger partial charge in [-0.25, -0.2) is 4.98 Å². The van der Waals surface area contributed by atoms with E-state index in [1.165, 1.54) is 12.8 Å². The van der Waals surface area contributed by atoms with E-state index in [4.69, 9.17) is 0 Å². The summed E-state index contributed by atoms with van der Waals surface area (Å²) in [6.07, 6.45) is 4.09. The lowest BCUT2D eigenvalue weighted by Crippen LogP contribution is -2.34. The average molecular weight is 259 g/mol. The van der Waals surface area contributed by atoms with E-state index in [0.717, 1.165) is 25.5 Å². The highest BCUT2D eigenvalue weighted by molar-refractivity contribution is 9.09. The van der Waals surface area contributed by atoms with Crippen molar-refractivity contribution >= 4 is 15.9 Å². The fraction of sp³-hybridized carbons (Fsp3) is 0.778. The molecule has 4 nitrogen and oxygen atoms in total. The van der Waals surface area contributed by atoms with E-state index in [9.17, 15) is 0 Å². The van der Waals surface area contributed by atoms with Gasteiger partial charge in [0.1, 0.15) is 12.2 Å². The second kappa shape index (κ2) is 4.40. The molecule has 1 aliphatic rings. The minimum Gasteiger partial charge on any atom is -0.296 e. The van der Waals surface area contributed by atoms with Crippen molar-refractivity contribution < 1.29 is 0 Å².